The number of rotatable bonds is 3. The van der Waals surface area contributed by atoms with Crippen molar-refractivity contribution < 1.29 is 18.8 Å². The molecule has 1 aromatic rings. The number of hydrogen-bond acceptors (Lipinski definition) is 4. The molecule has 0 aliphatic carbocycles. The smallest absolute Gasteiger partial charge is 0.256 e. The topological polar surface area (TPSA) is 70.6 Å². The zero-order valence-electron chi connectivity index (χ0n) is 11.3. The van der Waals surface area contributed by atoms with Crippen LogP contribution in [0.15, 0.2) is 18.5 Å². The lowest BCUT2D eigenvalue weighted by molar-refractivity contribution is -0.139. The molecule has 0 aromatic carbocycles. The molecule has 0 spiro atoms. The molecule has 1 aromatic heterocycles. The highest BCUT2D eigenvalue weighted by atomic mass is 19.1. The first-order valence-electron chi connectivity index (χ1n) is 6.78. The lowest BCUT2D eigenvalue weighted by atomic mass is 9.98. The van der Waals surface area contributed by atoms with Crippen LogP contribution in [0.4, 0.5) is 4.39 Å². The fourth-order valence-electron chi connectivity index (χ4n) is 2.65. The molecule has 3 amide bonds. The average Bonchev–Trinajstić information content (AvgIpc) is 2.73. The summed E-state index contributed by atoms with van der Waals surface area (Å²) in [6.07, 6.45) is 2.92. The highest BCUT2D eigenvalue weighted by molar-refractivity contribution is 6.02. The van der Waals surface area contributed by atoms with Crippen LogP contribution in [0.5, 0.6) is 0 Å². The lowest BCUT2D eigenvalue weighted by Crippen LogP contribution is -2.54. The second-order valence-corrected chi connectivity index (χ2v) is 5.33. The Hall–Kier alpha value is -2.31. The number of amides is 3. The van der Waals surface area contributed by atoms with Crippen LogP contribution in [0.2, 0.25) is 0 Å². The summed E-state index contributed by atoms with van der Waals surface area (Å²) >= 11 is 0. The molecule has 0 atom stereocenters. The van der Waals surface area contributed by atoms with Crippen LogP contribution >= 0.6 is 0 Å². The summed E-state index contributed by atoms with van der Waals surface area (Å²) in [4.78, 5) is 41.5. The number of carbonyl (C=O) groups is 3. The van der Waals surface area contributed by atoms with Crippen molar-refractivity contribution in [2.75, 3.05) is 19.6 Å². The molecule has 0 bridgehead atoms. The van der Waals surface area contributed by atoms with E-state index in [4.69, 9.17) is 0 Å². The standard InChI is InChI=1S/C14H14FN3O3/c15-11-5-16-4-3-10(11)14(21)17-6-9(7-17)8-18-12(19)1-2-13(18)20/h3-5,9H,1-2,6-8H2. The highest BCUT2D eigenvalue weighted by Crippen LogP contribution is 2.23. The van der Waals surface area contributed by atoms with Crippen molar-refractivity contribution in [2.45, 2.75) is 12.8 Å². The maximum Gasteiger partial charge on any atom is 0.256 e. The number of aromatic nitrogens is 1. The second kappa shape index (κ2) is 5.23. The summed E-state index contributed by atoms with van der Waals surface area (Å²) in [5.74, 6) is -1.25. The summed E-state index contributed by atoms with van der Waals surface area (Å²) < 4.78 is 13.5. The first kappa shape index (κ1) is 13.7. The summed E-state index contributed by atoms with van der Waals surface area (Å²) in [5.41, 5.74) is -0.00299. The van der Waals surface area contributed by atoms with Crippen LogP contribution in [0.25, 0.3) is 0 Å². The Labute approximate surface area is 120 Å². The second-order valence-electron chi connectivity index (χ2n) is 5.33. The molecular formula is C14H14FN3O3. The third-order valence-corrected chi connectivity index (χ3v) is 3.84. The predicted octanol–water partition coefficient (Wildman–Crippen LogP) is 0.442. The molecule has 3 rings (SSSR count). The number of imide groups is 1. The summed E-state index contributed by atoms with van der Waals surface area (Å²) in [6, 6.07) is 1.35. The van der Waals surface area contributed by atoms with Gasteiger partial charge in [-0.1, -0.05) is 0 Å². The van der Waals surface area contributed by atoms with Crippen molar-refractivity contribution in [1.82, 2.24) is 14.8 Å². The molecule has 2 saturated heterocycles. The molecule has 7 heteroatoms. The van der Waals surface area contributed by atoms with E-state index in [-0.39, 0.29) is 42.0 Å². The maximum absolute atomic E-state index is 13.5. The van der Waals surface area contributed by atoms with Gasteiger partial charge in [-0.25, -0.2) is 4.39 Å². The van der Waals surface area contributed by atoms with Crippen molar-refractivity contribution >= 4 is 17.7 Å². The van der Waals surface area contributed by atoms with Gasteiger partial charge in [0, 0.05) is 44.6 Å². The van der Waals surface area contributed by atoms with E-state index in [1.54, 1.807) is 0 Å². The number of likely N-dealkylation sites (tertiary alicyclic amines) is 2. The minimum atomic E-state index is -0.643. The van der Waals surface area contributed by atoms with Crippen molar-refractivity contribution in [3.05, 3.63) is 29.8 Å². The van der Waals surface area contributed by atoms with Crippen molar-refractivity contribution in [2.24, 2.45) is 5.92 Å². The average molecular weight is 291 g/mol. The Kier molecular flexibility index (Phi) is 3.40. The number of nitrogens with zero attached hydrogens (tertiary/aromatic N) is 3. The third kappa shape index (κ3) is 2.51. The Morgan fingerprint density at radius 2 is 1.95 bits per heavy atom. The maximum atomic E-state index is 13.5. The van der Waals surface area contributed by atoms with E-state index < -0.39 is 5.82 Å². The molecule has 6 nitrogen and oxygen atoms in total. The zero-order chi connectivity index (χ0) is 15.0. The minimum absolute atomic E-state index is 0.00299. The van der Waals surface area contributed by atoms with Crippen molar-refractivity contribution in [3.8, 4) is 0 Å². The minimum Gasteiger partial charge on any atom is -0.338 e. The summed E-state index contributed by atoms with van der Waals surface area (Å²) in [6.45, 7) is 1.20. The number of pyridine rings is 1. The van der Waals surface area contributed by atoms with Crippen LogP contribution in [0, 0.1) is 11.7 Å². The zero-order valence-corrected chi connectivity index (χ0v) is 11.3. The largest absolute Gasteiger partial charge is 0.338 e. The van der Waals surface area contributed by atoms with Crippen molar-refractivity contribution in [3.63, 3.8) is 0 Å². The fourth-order valence-corrected chi connectivity index (χ4v) is 2.65. The first-order chi connectivity index (χ1) is 10.1. The SMILES string of the molecule is O=C(c1ccncc1F)N1CC(CN2C(=O)CCC2=O)C1. The first-order valence-corrected chi connectivity index (χ1v) is 6.78. The van der Waals surface area contributed by atoms with Gasteiger partial charge in [0.25, 0.3) is 5.91 Å². The van der Waals surface area contributed by atoms with E-state index in [1.807, 2.05) is 0 Å². The molecule has 0 unspecified atom stereocenters. The van der Waals surface area contributed by atoms with Crippen LogP contribution < -0.4 is 0 Å². The third-order valence-electron chi connectivity index (χ3n) is 3.84. The monoisotopic (exact) mass is 291 g/mol. The summed E-state index contributed by atoms with van der Waals surface area (Å²) in [7, 11) is 0. The fraction of sp³-hybridized carbons (Fsp3) is 0.429. The number of halogens is 1. The quantitative estimate of drug-likeness (QED) is 0.758. The van der Waals surface area contributed by atoms with Gasteiger partial charge in [-0.05, 0) is 6.07 Å². The Morgan fingerprint density at radius 1 is 1.29 bits per heavy atom. The van der Waals surface area contributed by atoms with Gasteiger partial charge in [0.15, 0.2) is 5.82 Å². The molecule has 2 aliphatic heterocycles. The van der Waals surface area contributed by atoms with E-state index in [0.717, 1.165) is 6.20 Å². The van der Waals surface area contributed by atoms with Crippen LogP contribution in [-0.4, -0.2) is 52.1 Å². The van der Waals surface area contributed by atoms with Gasteiger partial charge in [-0.3, -0.25) is 24.3 Å². The van der Waals surface area contributed by atoms with E-state index in [1.165, 1.54) is 22.1 Å². The Morgan fingerprint density at radius 3 is 2.57 bits per heavy atom. The number of hydrogen-bond donors (Lipinski definition) is 0. The van der Waals surface area contributed by atoms with E-state index in [9.17, 15) is 18.8 Å². The van der Waals surface area contributed by atoms with Gasteiger partial charge in [0.05, 0.1) is 11.8 Å². The number of carbonyl (C=O) groups excluding carboxylic acids is 3. The molecule has 21 heavy (non-hydrogen) atoms. The molecule has 0 N–H and O–H groups in total. The summed E-state index contributed by atoms with van der Waals surface area (Å²) in [5, 5.41) is 0. The normalized spacial score (nSPS) is 19.1. The van der Waals surface area contributed by atoms with Gasteiger partial charge in [0.1, 0.15) is 0 Å². The van der Waals surface area contributed by atoms with Gasteiger partial charge >= 0.3 is 0 Å². The van der Waals surface area contributed by atoms with E-state index in [0.29, 0.717) is 19.6 Å². The van der Waals surface area contributed by atoms with Crippen LogP contribution in [-0.2, 0) is 9.59 Å². The Balaban J connectivity index is 1.56. The molecule has 2 fully saturated rings. The highest BCUT2D eigenvalue weighted by Gasteiger charge is 2.37. The van der Waals surface area contributed by atoms with E-state index in [2.05, 4.69) is 4.98 Å². The van der Waals surface area contributed by atoms with Crippen LogP contribution in [0.3, 0.4) is 0 Å². The van der Waals surface area contributed by atoms with Gasteiger partial charge in [0.2, 0.25) is 11.8 Å². The molecule has 2 aliphatic rings. The lowest BCUT2D eigenvalue weighted by Gasteiger charge is -2.40. The molecular weight excluding hydrogens is 277 g/mol. The van der Waals surface area contributed by atoms with E-state index >= 15 is 0 Å². The van der Waals surface area contributed by atoms with Gasteiger partial charge < -0.3 is 4.90 Å². The molecule has 110 valence electrons. The predicted molar refractivity (Wildman–Crippen MR) is 69.5 cm³/mol. The molecule has 3 heterocycles. The van der Waals surface area contributed by atoms with Crippen molar-refractivity contribution in [1.29, 1.82) is 0 Å². The molecule has 0 saturated carbocycles. The van der Waals surface area contributed by atoms with Gasteiger partial charge in [-0.2, -0.15) is 0 Å². The Bertz CT molecular complexity index is 597. The van der Waals surface area contributed by atoms with Crippen LogP contribution in [0.1, 0.15) is 23.2 Å². The molecule has 0 radical (unpaired) electrons. The van der Waals surface area contributed by atoms with Gasteiger partial charge in [-0.15, -0.1) is 0 Å².